The van der Waals surface area contributed by atoms with Crippen LogP contribution in [-0.4, -0.2) is 16.5 Å². The van der Waals surface area contributed by atoms with Crippen LogP contribution in [-0.2, 0) is 11.2 Å². The van der Waals surface area contributed by atoms with Gasteiger partial charge in [0.1, 0.15) is 5.60 Å². The van der Waals surface area contributed by atoms with Crippen molar-refractivity contribution in [2.45, 2.75) is 62.9 Å². The Morgan fingerprint density at radius 1 is 1.21 bits per heavy atom. The van der Waals surface area contributed by atoms with E-state index in [-0.39, 0.29) is 5.78 Å². The molecule has 2 aliphatic carbocycles. The van der Waals surface area contributed by atoms with Crippen LogP contribution < -0.4 is 0 Å². The van der Waals surface area contributed by atoms with Crippen LogP contribution in [0.5, 0.6) is 0 Å². The molecule has 1 N–H and O–H groups in total. The third-order valence-corrected chi connectivity index (χ3v) is 4.88. The van der Waals surface area contributed by atoms with Crippen molar-refractivity contribution in [2.75, 3.05) is 0 Å². The minimum atomic E-state index is -1.01. The molecule has 1 aromatic carbocycles. The second kappa shape index (κ2) is 5.09. The van der Waals surface area contributed by atoms with Crippen molar-refractivity contribution in [3.8, 4) is 0 Å². The molecule has 0 heterocycles. The van der Waals surface area contributed by atoms with Gasteiger partial charge in [-0.2, -0.15) is 0 Å². The van der Waals surface area contributed by atoms with Gasteiger partial charge in [-0.3, -0.25) is 4.79 Å². The normalized spacial score (nSPS) is 25.0. The lowest BCUT2D eigenvalue weighted by molar-refractivity contribution is -0.137. The lowest BCUT2D eigenvalue weighted by atomic mass is 9.78. The second-order valence-corrected chi connectivity index (χ2v) is 6.15. The number of hydrogen-bond acceptors (Lipinski definition) is 2. The largest absolute Gasteiger partial charge is 0.382 e. The van der Waals surface area contributed by atoms with Crippen molar-refractivity contribution >= 4 is 5.78 Å². The summed E-state index contributed by atoms with van der Waals surface area (Å²) in [6, 6.07) is 8.47. The molecule has 0 bridgehead atoms. The molecule has 1 unspecified atom stereocenters. The number of carbonyl (C=O) groups excluding carboxylic acids is 1. The molecule has 2 nitrogen and oxygen atoms in total. The van der Waals surface area contributed by atoms with Gasteiger partial charge in [0, 0.05) is 6.42 Å². The van der Waals surface area contributed by atoms with Crippen LogP contribution >= 0.6 is 0 Å². The summed E-state index contributed by atoms with van der Waals surface area (Å²) in [5.74, 6) is 0.397. The van der Waals surface area contributed by atoms with Crippen molar-refractivity contribution < 1.29 is 9.90 Å². The first kappa shape index (κ1) is 12.9. The summed E-state index contributed by atoms with van der Waals surface area (Å²) in [5.41, 5.74) is 1.72. The number of ketones is 1. The molecular formula is C17H22O2. The highest BCUT2D eigenvalue weighted by molar-refractivity contribution is 5.88. The zero-order valence-corrected chi connectivity index (χ0v) is 11.4. The first-order valence-corrected chi connectivity index (χ1v) is 7.52. The second-order valence-electron chi connectivity index (χ2n) is 6.15. The maximum atomic E-state index is 12.4. The molecule has 1 saturated carbocycles. The molecule has 1 aromatic rings. The maximum Gasteiger partial charge on any atom is 0.164 e. The molecular weight excluding hydrogens is 236 g/mol. The van der Waals surface area contributed by atoms with Crippen LogP contribution in [0.1, 0.15) is 62.0 Å². The van der Waals surface area contributed by atoms with Crippen LogP contribution in [0.15, 0.2) is 24.3 Å². The van der Waals surface area contributed by atoms with Crippen LogP contribution in [0, 0.1) is 0 Å². The zero-order chi connectivity index (χ0) is 13.3. The van der Waals surface area contributed by atoms with Gasteiger partial charge in [-0.25, -0.2) is 0 Å². The Balaban J connectivity index is 1.76. The van der Waals surface area contributed by atoms with Crippen LogP contribution in [0.25, 0.3) is 0 Å². The van der Waals surface area contributed by atoms with Crippen LogP contribution in [0.2, 0.25) is 0 Å². The van der Waals surface area contributed by atoms with Gasteiger partial charge in [-0.15, -0.1) is 0 Å². The van der Waals surface area contributed by atoms with Crippen molar-refractivity contribution in [1.82, 2.24) is 0 Å². The van der Waals surface area contributed by atoms with Gasteiger partial charge in [0.05, 0.1) is 0 Å². The van der Waals surface area contributed by atoms with E-state index >= 15 is 0 Å². The first-order chi connectivity index (χ1) is 9.19. The predicted molar refractivity (Wildman–Crippen MR) is 75.2 cm³/mol. The highest BCUT2D eigenvalue weighted by atomic mass is 16.3. The molecule has 2 heteroatoms. The highest BCUT2D eigenvalue weighted by Gasteiger charge is 2.39. The summed E-state index contributed by atoms with van der Waals surface area (Å²) in [6.45, 7) is 0. The Bertz CT molecular complexity index is 472. The minimum Gasteiger partial charge on any atom is -0.382 e. The molecule has 0 amide bonds. The molecule has 1 fully saturated rings. The van der Waals surface area contributed by atoms with E-state index in [1.807, 2.05) is 0 Å². The SMILES string of the molecule is O=C(CC1CCCc2ccccc21)C1(O)CCCC1. The van der Waals surface area contributed by atoms with Gasteiger partial charge in [-0.1, -0.05) is 24.3 Å². The Labute approximate surface area is 114 Å². The summed E-state index contributed by atoms with van der Waals surface area (Å²) in [7, 11) is 0. The Morgan fingerprint density at radius 2 is 1.95 bits per heavy atom. The number of hydrogen-bond donors (Lipinski definition) is 1. The molecule has 3 rings (SSSR count). The van der Waals surface area contributed by atoms with Gasteiger partial charge < -0.3 is 5.11 Å². The third kappa shape index (κ3) is 2.46. The molecule has 0 aliphatic heterocycles. The van der Waals surface area contributed by atoms with E-state index < -0.39 is 5.60 Å². The van der Waals surface area contributed by atoms with Crippen LogP contribution in [0.4, 0.5) is 0 Å². The number of carbonyl (C=O) groups is 1. The predicted octanol–water partition coefficient (Wildman–Crippen LogP) is 3.37. The standard InChI is InChI=1S/C17H22O2/c18-16(17(19)10-3-4-11-17)12-14-8-5-7-13-6-1-2-9-15(13)14/h1-2,6,9,14,19H,3-5,7-8,10-12H2. The number of rotatable bonds is 3. The summed E-state index contributed by atoms with van der Waals surface area (Å²) >= 11 is 0. The molecule has 1 atom stereocenters. The number of aliphatic hydroxyl groups is 1. The Kier molecular flexibility index (Phi) is 3.44. The van der Waals surface area contributed by atoms with E-state index in [0.717, 1.165) is 32.1 Å². The lowest BCUT2D eigenvalue weighted by Gasteiger charge is -2.28. The first-order valence-electron chi connectivity index (χ1n) is 7.52. The number of benzene rings is 1. The van der Waals surface area contributed by atoms with E-state index in [0.29, 0.717) is 25.2 Å². The van der Waals surface area contributed by atoms with Gasteiger partial charge in [-0.05, 0) is 62.0 Å². The maximum absolute atomic E-state index is 12.4. The Morgan fingerprint density at radius 3 is 2.74 bits per heavy atom. The third-order valence-electron chi connectivity index (χ3n) is 4.88. The minimum absolute atomic E-state index is 0.0757. The van der Waals surface area contributed by atoms with Crippen LogP contribution in [0.3, 0.4) is 0 Å². The average Bonchev–Trinajstić information content (AvgIpc) is 2.87. The lowest BCUT2D eigenvalue weighted by Crippen LogP contribution is -2.36. The van der Waals surface area contributed by atoms with Crippen molar-refractivity contribution in [3.63, 3.8) is 0 Å². The fraction of sp³-hybridized carbons (Fsp3) is 0.588. The summed E-state index contributed by atoms with van der Waals surface area (Å²) in [5, 5.41) is 10.4. The molecule has 102 valence electrons. The topological polar surface area (TPSA) is 37.3 Å². The molecule has 2 aliphatic rings. The monoisotopic (exact) mass is 258 g/mol. The van der Waals surface area contributed by atoms with Crippen molar-refractivity contribution in [3.05, 3.63) is 35.4 Å². The van der Waals surface area contributed by atoms with Gasteiger partial charge in [0.25, 0.3) is 0 Å². The van der Waals surface area contributed by atoms with E-state index in [1.54, 1.807) is 0 Å². The van der Waals surface area contributed by atoms with Crippen molar-refractivity contribution in [1.29, 1.82) is 0 Å². The fourth-order valence-electron chi connectivity index (χ4n) is 3.72. The molecule has 0 radical (unpaired) electrons. The molecule has 0 saturated heterocycles. The summed E-state index contributed by atoms with van der Waals surface area (Å²) in [6.07, 6.45) is 7.21. The molecule has 0 aromatic heterocycles. The summed E-state index contributed by atoms with van der Waals surface area (Å²) in [4.78, 5) is 12.4. The van der Waals surface area contributed by atoms with Gasteiger partial charge in [0.2, 0.25) is 0 Å². The van der Waals surface area contributed by atoms with E-state index in [1.165, 1.54) is 11.1 Å². The number of Topliss-reactive ketones (excluding diaryl/α,β-unsaturated/α-hetero) is 1. The smallest absolute Gasteiger partial charge is 0.164 e. The van der Waals surface area contributed by atoms with Gasteiger partial charge >= 0.3 is 0 Å². The Hall–Kier alpha value is -1.15. The average molecular weight is 258 g/mol. The zero-order valence-electron chi connectivity index (χ0n) is 11.4. The van der Waals surface area contributed by atoms with Crippen molar-refractivity contribution in [2.24, 2.45) is 0 Å². The van der Waals surface area contributed by atoms with E-state index in [2.05, 4.69) is 24.3 Å². The summed E-state index contributed by atoms with van der Waals surface area (Å²) < 4.78 is 0. The fourth-order valence-corrected chi connectivity index (χ4v) is 3.72. The van der Waals surface area contributed by atoms with E-state index in [4.69, 9.17) is 0 Å². The molecule has 0 spiro atoms. The number of aryl methyl sites for hydroxylation is 1. The van der Waals surface area contributed by atoms with E-state index in [9.17, 15) is 9.90 Å². The quantitative estimate of drug-likeness (QED) is 0.902. The highest BCUT2D eigenvalue weighted by Crippen LogP contribution is 2.38. The molecule has 19 heavy (non-hydrogen) atoms. The number of fused-ring (bicyclic) bond motifs is 1. The van der Waals surface area contributed by atoms with Gasteiger partial charge in [0.15, 0.2) is 5.78 Å².